The summed E-state index contributed by atoms with van der Waals surface area (Å²) in [5.74, 6) is -1.07. The summed E-state index contributed by atoms with van der Waals surface area (Å²) in [5, 5.41) is 11.7. The quantitative estimate of drug-likeness (QED) is 0.796. The largest absolute Gasteiger partial charge is 0.352 e. The average Bonchev–Trinajstić information content (AvgIpc) is 2.40. The van der Waals surface area contributed by atoms with E-state index in [1.807, 2.05) is 6.07 Å². The lowest BCUT2D eigenvalue weighted by molar-refractivity contribution is -0.117. The van der Waals surface area contributed by atoms with Crippen molar-refractivity contribution in [3.8, 4) is 6.07 Å². The van der Waals surface area contributed by atoms with Crippen LogP contribution in [0.4, 0.5) is 0 Å². The Morgan fingerprint density at radius 1 is 1.32 bits per heavy atom. The Bertz CT molecular complexity index is 486. The fourth-order valence-corrected chi connectivity index (χ4v) is 1.71. The predicted octanol–water partition coefficient (Wildman–Crippen LogP) is 2.41. The van der Waals surface area contributed by atoms with E-state index in [0.29, 0.717) is 17.7 Å². The number of carbonyl (C=O) groups excluding carboxylic acids is 2. The number of carbonyl (C=O) groups is 2. The van der Waals surface area contributed by atoms with Crippen LogP contribution in [0.15, 0.2) is 24.3 Å². The molecule has 0 heterocycles. The molecule has 4 nitrogen and oxygen atoms in total. The standard InChI is InChI=1S/C15H18N2O2/c1-3-4-9-17-15(19)13-7-5-12(6-8-13)14(10-16)11(2)18/h5-8,14H,3-4,9H2,1-2H3,(H,17,19). The van der Waals surface area contributed by atoms with Crippen LogP contribution in [-0.2, 0) is 4.79 Å². The summed E-state index contributed by atoms with van der Waals surface area (Å²) >= 11 is 0. The zero-order valence-corrected chi connectivity index (χ0v) is 11.3. The molecule has 0 saturated heterocycles. The zero-order chi connectivity index (χ0) is 14.3. The number of nitrogens with zero attached hydrogens (tertiary/aromatic N) is 1. The Morgan fingerprint density at radius 2 is 1.95 bits per heavy atom. The van der Waals surface area contributed by atoms with Gasteiger partial charge in [0.1, 0.15) is 5.92 Å². The number of hydrogen-bond donors (Lipinski definition) is 1. The van der Waals surface area contributed by atoms with Gasteiger partial charge in [0.25, 0.3) is 5.91 Å². The molecule has 1 aromatic rings. The Morgan fingerprint density at radius 3 is 2.42 bits per heavy atom. The van der Waals surface area contributed by atoms with Crippen molar-refractivity contribution in [1.82, 2.24) is 5.32 Å². The van der Waals surface area contributed by atoms with Crippen LogP contribution in [-0.4, -0.2) is 18.2 Å². The molecule has 1 atom stereocenters. The van der Waals surface area contributed by atoms with E-state index in [1.165, 1.54) is 6.92 Å². The third-order valence-corrected chi connectivity index (χ3v) is 2.86. The van der Waals surface area contributed by atoms with Crippen molar-refractivity contribution in [2.45, 2.75) is 32.6 Å². The normalized spacial score (nSPS) is 11.4. The van der Waals surface area contributed by atoms with Crippen molar-refractivity contribution in [2.24, 2.45) is 0 Å². The van der Waals surface area contributed by atoms with Crippen LogP contribution in [0.5, 0.6) is 0 Å². The van der Waals surface area contributed by atoms with Gasteiger partial charge in [-0.2, -0.15) is 5.26 Å². The summed E-state index contributed by atoms with van der Waals surface area (Å²) in [6.07, 6.45) is 1.98. The maximum absolute atomic E-state index is 11.8. The Hall–Kier alpha value is -2.15. The predicted molar refractivity (Wildman–Crippen MR) is 72.7 cm³/mol. The molecular formula is C15H18N2O2. The highest BCUT2D eigenvalue weighted by Gasteiger charge is 2.16. The molecule has 0 aliphatic rings. The molecule has 0 spiro atoms. The van der Waals surface area contributed by atoms with Crippen molar-refractivity contribution in [3.63, 3.8) is 0 Å². The van der Waals surface area contributed by atoms with E-state index in [2.05, 4.69) is 12.2 Å². The van der Waals surface area contributed by atoms with Crippen molar-refractivity contribution in [1.29, 1.82) is 5.26 Å². The number of amides is 1. The van der Waals surface area contributed by atoms with Crippen molar-refractivity contribution >= 4 is 11.7 Å². The zero-order valence-electron chi connectivity index (χ0n) is 11.3. The summed E-state index contributed by atoms with van der Waals surface area (Å²) in [5.41, 5.74) is 1.17. The molecule has 1 amide bonds. The van der Waals surface area contributed by atoms with E-state index in [0.717, 1.165) is 12.8 Å². The number of ketones is 1. The summed E-state index contributed by atoms with van der Waals surface area (Å²) in [6.45, 7) is 4.11. The first-order valence-corrected chi connectivity index (χ1v) is 6.38. The lowest BCUT2D eigenvalue weighted by atomic mass is 9.96. The number of hydrogen-bond acceptors (Lipinski definition) is 3. The fraction of sp³-hybridized carbons (Fsp3) is 0.400. The number of nitrogens with one attached hydrogen (secondary N) is 1. The van der Waals surface area contributed by atoms with Gasteiger partial charge in [0, 0.05) is 12.1 Å². The van der Waals surface area contributed by atoms with Crippen LogP contribution in [0.2, 0.25) is 0 Å². The van der Waals surface area contributed by atoms with Crippen molar-refractivity contribution < 1.29 is 9.59 Å². The molecular weight excluding hydrogens is 240 g/mol. The molecule has 100 valence electrons. The highest BCUT2D eigenvalue weighted by molar-refractivity contribution is 5.94. The second kappa shape index (κ2) is 7.32. The number of rotatable bonds is 6. The smallest absolute Gasteiger partial charge is 0.251 e. The van der Waals surface area contributed by atoms with Gasteiger partial charge in [-0.3, -0.25) is 9.59 Å². The van der Waals surface area contributed by atoms with Gasteiger partial charge < -0.3 is 5.32 Å². The Labute approximate surface area is 113 Å². The van der Waals surface area contributed by atoms with Gasteiger partial charge in [-0.05, 0) is 31.0 Å². The van der Waals surface area contributed by atoms with Gasteiger partial charge in [0.2, 0.25) is 0 Å². The van der Waals surface area contributed by atoms with E-state index < -0.39 is 5.92 Å². The number of unbranched alkanes of at least 4 members (excludes halogenated alkanes) is 1. The van der Waals surface area contributed by atoms with Gasteiger partial charge in [-0.25, -0.2) is 0 Å². The van der Waals surface area contributed by atoms with E-state index in [9.17, 15) is 9.59 Å². The first-order chi connectivity index (χ1) is 9.10. The van der Waals surface area contributed by atoms with Crippen LogP contribution in [0, 0.1) is 11.3 Å². The Kier molecular flexibility index (Phi) is 5.74. The highest BCUT2D eigenvalue weighted by atomic mass is 16.1. The van der Waals surface area contributed by atoms with Crippen LogP contribution in [0.1, 0.15) is 48.5 Å². The molecule has 0 aliphatic carbocycles. The molecule has 4 heteroatoms. The molecule has 0 radical (unpaired) electrons. The fourth-order valence-electron chi connectivity index (χ4n) is 1.71. The minimum Gasteiger partial charge on any atom is -0.352 e. The molecule has 1 aromatic carbocycles. The first kappa shape index (κ1) is 14.9. The van der Waals surface area contributed by atoms with Gasteiger partial charge in [-0.15, -0.1) is 0 Å². The van der Waals surface area contributed by atoms with Crippen LogP contribution in [0.3, 0.4) is 0 Å². The maximum Gasteiger partial charge on any atom is 0.251 e. The average molecular weight is 258 g/mol. The molecule has 19 heavy (non-hydrogen) atoms. The first-order valence-electron chi connectivity index (χ1n) is 6.38. The summed E-state index contributed by atoms with van der Waals surface area (Å²) in [6, 6.07) is 8.56. The molecule has 0 aliphatic heterocycles. The van der Waals surface area contributed by atoms with E-state index in [4.69, 9.17) is 5.26 Å². The van der Waals surface area contributed by atoms with Gasteiger partial charge in [0.05, 0.1) is 6.07 Å². The number of nitriles is 1. The molecule has 0 aromatic heterocycles. The summed E-state index contributed by atoms with van der Waals surface area (Å²) in [7, 11) is 0. The van der Waals surface area contributed by atoms with Gasteiger partial charge >= 0.3 is 0 Å². The Balaban J connectivity index is 2.73. The maximum atomic E-state index is 11.8. The lowest BCUT2D eigenvalue weighted by Gasteiger charge is -2.07. The summed E-state index contributed by atoms with van der Waals surface area (Å²) < 4.78 is 0. The minimum atomic E-state index is -0.753. The highest BCUT2D eigenvalue weighted by Crippen LogP contribution is 2.16. The molecule has 0 fully saturated rings. The van der Waals surface area contributed by atoms with E-state index >= 15 is 0 Å². The third kappa shape index (κ3) is 4.22. The SMILES string of the molecule is CCCCNC(=O)c1ccc(C(C#N)C(C)=O)cc1. The minimum absolute atomic E-state index is 0.128. The second-order valence-corrected chi connectivity index (χ2v) is 4.40. The second-order valence-electron chi connectivity index (χ2n) is 4.40. The molecule has 0 bridgehead atoms. The summed E-state index contributed by atoms with van der Waals surface area (Å²) in [4.78, 5) is 23.0. The van der Waals surface area contributed by atoms with E-state index in [-0.39, 0.29) is 11.7 Å². The van der Waals surface area contributed by atoms with E-state index in [1.54, 1.807) is 24.3 Å². The van der Waals surface area contributed by atoms with Gasteiger partial charge in [0.15, 0.2) is 5.78 Å². The lowest BCUT2D eigenvalue weighted by Crippen LogP contribution is -2.24. The number of benzene rings is 1. The molecule has 0 saturated carbocycles. The van der Waals surface area contributed by atoms with Crippen molar-refractivity contribution in [2.75, 3.05) is 6.54 Å². The molecule has 1 unspecified atom stereocenters. The van der Waals surface area contributed by atoms with Crippen LogP contribution in [0.25, 0.3) is 0 Å². The molecule has 1 rings (SSSR count). The van der Waals surface area contributed by atoms with Gasteiger partial charge in [-0.1, -0.05) is 25.5 Å². The van der Waals surface area contributed by atoms with Crippen LogP contribution >= 0.6 is 0 Å². The topological polar surface area (TPSA) is 70.0 Å². The van der Waals surface area contributed by atoms with Crippen molar-refractivity contribution in [3.05, 3.63) is 35.4 Å². The number of Topliss-reactive ketones (excluding diaryl/α,β-unsaturated/α-hetero) is 1. The third-order valence-electron chi connectivity index (χ3n) is 2.86. The monoisotopic (exact) mass is 258 g/mol. The van der Waals surface area contributed by atoms with Crippen LogP contribution < -0.4 is 5.32 Å². The molecule has 1 N–H and O–H groups in total.